The van der Waals surface area contributed by atoms with Crippen molar-refractivity contribution < 1.29 is 14.3 Å². The zero-order valence-corrected chi connectivity index (χ0v) is 19.3. The number of nitrogens with zero attached hydrogens (tertiary/aromatic N) is 2. The van der Waals surface area contributed by atoms with Crippen molar-refractivity contribution >= 4 is 22.8 Å². The zero-order valence-electron chi connectivity index (χ0n) is 19.3. The van der Waals surface area contributed by atoms with E-state index in [2.05, 4.69) is 27.4 Å². The minimum atomic E-state index is -0.933. The Bertz CT molecular complexity index is 1280. The molecule has 0 aliphatic carbocycles. The number of aromatic nitrogens is 2. The minimum absolute atomic E-state index is 0.0497. The molecule has 0 radical (unpaired) electrons. The summed E-state index contributed by atoms with van der Waals surface area (Å²) in [6, 6.07) is 24.6. The Hall–Kier alpha value is -4.06. The van der Waals surface area contributed by atoms with Crippen molar-refractivity contribution in [1.29, 1.82) is 0 Å². The lowest BCUT2D eigenvalue weighted by atomic mass is 10.1. The van der Waals surface area contributed by atoms with Gasteiger partial charge in [0.05, 0.1) is 22.5 Å². The number of hydrogen-bond donors (Lipinski definition) is 1. The van der Waals surface area contributed by atoms with E-state index in [1.54, 1.807) is 19.2 Å². The molecule has 6 nitrogen and oxygen atoms in total. The second-order valence-electron chi connectivity index (χ2n) is 8.27. The SMILES string of the molecule is C[C@@H](CCc1ccccc1)NC(=O)[C@@H](C)OC(=O)c1cc(-c2ccccn2)nc2ccccc12. The van der Waals surface area contributed by atoms with Crippen molar-refractivity contribution in [2.75, 3.05) is 0 Å². The van der Waals surface area contributed by atoms with Gasteiger partial charge in [0.15, 0.2) is 6.10 Å². The van der Waals surface area contributed by atoms with Gasteiger partial charge in [-0.25, -0.2) is 9.78 Å². The van der Waals surface area contributed by atoms with Crippen molar-refractivity contribution in [2.45, 2.75) is 38.8 Å². The Morgan fingerprint density at radius 2 is 1.65 bits per heavy atom. The number of amides is 1. The zero-order chi connectivity index (χ0) is 23.9. The van der Waals surface area contributed by atoms with E-state index in [0.29, 0.717) is 27.9 Å². The quantitative estimate of drug-likeness (QED) is 0.381. The van der Waals surface area contributed by atoms with Gasteiger partial charge in [-0.1, -0.05) is 54.6 Å². The van der Waals surface area contributed by atoms with Crippen LogP contribution in [0.5, 0.6) is 0 Å². The summed E-state index contributed by atoms with van der Waals surface area (Å²) in [4.78, 5) is 34.8. The fraction of sp³-hybridized carbons (Fsp3) is 0.214. The summed E-state index contributed by atoms with van der Waals surface area (Å²) in [5.74, 6) is -0.896. The molecule has 4 aromatic rings. The Labute approximate surface area is 199 Å². The molecule has 0 aliphatic heterocycles. The molecule has 4 rings (SSSR count). The number of carbonyl (C=O) groups excluding carboxylic acids is 2. The maximum atomic E-state index is 13.1. The van der Waals surface area contributed by atoms with Gasteiger partial charge in [0.1, 0.15) is 0 Å². The molecule has 0 saturated heterocycles. The molecule has 172 valence electrons. The number of carbonyl (C=O) groups is 2. The molecule has 2 atom stereocenters. The molecule has 0 fully saturated rings. The van der Waals surface area contributed by atoms with E-state index in [1.807, 2.05) is 67.6 Å². The molecule has 2 aromatic heterocycles. The van der Waals surface area contributed by atoms with E-state index in [9.17, 15) is 9.59 Å². The molecule has 0 spiro atoms. The molecule has 0 unspecified atom stereocenters. The highest BCUT2D eigenvalue weighted by Gasteiger charge is 2.22. The van der Waals surface area contributed by atoms with Gasteiger partial charge in [0.2, 0.25) is 0 Å². The number of rotatable bonds is 8. The smallest absolute Gasteiger partial charge is 0.339 e. The lowest BCUT2D eigenvalue weighted by Crippen LogP contribution is -2.41. The third-order valence-electron chi connectivity index (χ3n) is 5.61. The number of esters is 1. The van der Waals surface area contributed by atoms with Gasteiger partial charge in [-0.2, -0.15) is 0 Å². The summed E-state index contributed by atoms with van der Waals surface area (Å²) in [5.41, 5.74) is 3.45. The Kier molecular flexibility index (Phi) is 7.28. The molecule has 1 N–H and O–H groups in total. The maximum absolute atomic E-state index is 13.1. The van der Waals surface area contributed by atoms with Gasteiger partial charge >= 0.3 is 5.97 Å². The topological polar surface area (TPSA) is 81.2 Å². The molecular weight excluding hydrogens is 426 g/mol. The fourth-order valence-corrected chi connectivity index (χ4v) is 3.73. The van der Waals surface area contributed by atoms with Crippen LogP contribution in [0.25, 0.3) is 22.3 Å². The highest BCUT2D eigenvalue weighted by Crippen LogP contribution is 2.24. The number of ether oxygens (including phenoxy) is 1. The molecule has 2 aromatic carbocycles. The first-order valence-electron chi connectivity index (χ1n) is 11.4. The van der Waals surface area contributed by atoms with Crippen LogP contribution >= 0.6 is 0 Å². The summed E-state index contributed by atoms with van der Waals surface area (Å²) in [6.45, 7) is 3.53. The van der Waals surface area contributed by atoms with Gasteiger partial charge in [0, 0.05) is 17.6 Å². The third-order valence-corrected chi connectivity index (χ3v) is 5.61. The number of para-hydroxylation sites is 1. The highest BCUT2D eigenvalue weighted by molar-refractivity contribution is 6.05. The standard InChI is InChI=1S/C28H27N3O3/c1-19(15-16-21-10-4-3-5-11-21)30-27(32)20(2)34-28(33)23-18-26(25-14-8-9-17-29-25)31-24-13-7-6-12-22(23)24/h3-14,17-20H,15-16H2,1-2H3,(H,30,32)/t19-,20+/m0/s1. The fourth-order valence-electron chi connectivity index (χ4n) is 3.73. The average molecular weight is 454 g/mol. The minimum Gasteiger partial charge on any atom is -0.449 e. The van der Waals surface area contributed by atoms with E-state index in [1.165, 1.54) is 5.56 Å². The second-order valence-corrected chi connectivity index (χ2v) is 8.27. The maximum Gasteiger partial charge on any atom is 0.339 e. The van der Waals surface area contributed by atoms with Crippen LogP contribution in [0.4, 0.5) is 0 Å². The van der Waals surface area contributed by atoms with Crippen molar-refractivity contribution in [3.8, 4) is 11.4 Å². The predicted molar refractivity (Wildman–Crippen MR) is 132 cm³/mol. The molecular formula is C28H27N3O3. The molecule has 34 heavy (non-hydrogen) atoms. The average Bonchev–Trinajstić information content (AvgIpc) is 2.87. The van der Waals surface area contributed by atoms with Gasteiger partial charge < -0.3 is 10.1 Å². The first-order chi connectivity index (χ1) is 16.5. The van der Waals surface area contributed by atoms with Gasteiger partial charge in [-0.05, 0) is 56.5 Å². The summed E-state index contributed by atoms with van der Waals surface area (Å²) in [5, 5.41) is 3.61. The molecule has 2 heterocycles. The number of pyridine rings is 2. The summed E-state index contributed by atoms with van der Waals surface area (Å²) >= 11 is 0. The van der Waals surface area contributed by atoms with Crippen LogP contribution < -0.4 is 5.32 Å². The lowest BCUT2D eigenvalue weighted by Gasteiger charge is -2.18. The largest absolute Gasteiger partial charge is 0.449 e. The van der Waals surface area contributed by atoms with Crippen molar-refractivity contribution in [1.82, 2.24) is 15.3 Å². The number of fused-ring (bicyclic) bond motifs is 1. The van der Waals surface area contributed by atoms with Crippen LogP contribution in [-0.4, -0.2) is 34.0 Å². The van der Waals surface area contributed by atoms with E-state index >= 15 is 0 Å². The predicted octanol–water partition coefficient (Wildman–Crippen LogP) is 4.98. The Morgan fingerprint density at radius 3 is 2.41 bits per heavy atom. The van der Waals surface area contributed by atoms with E-state index in [0.717, 1.165) is 12.8 Å². The molecule has 0 aliphatic rings. The van der Waals surface area contributed by atoms with Crippen LogP contribution in [0, 0.1) is 0 Å². The monoisotopic (exact) mass is 453 g/mol. The van der Waals surface area contributed by atoms with E-state index in [4.69, 9.17) is 4.74 Å². The van der Waals surface area contributed by atoms with Gasteiger partial charge in [-0.15, -0.1) is 0 Å². The van der Waals surface area contributed by atoms with Crippen LogP contribution in [-0.2, 0) is 16.0 Å². The van der Waals surface area contributed by atoms with Crippen molar-refractivity contribution in [2.24, 2.45) is 0 Å². The molecule has 6 heteroatoms. The lowest BCUT2D eigenvalue weighted by molar-refractivity contribution is -0.129. The van der Waals surface area contributed by atoms with Crippen molar-refractivity contribution in [3.63, 3.8) is 0 Å². The van der Waals surface area contributed by atoms with Crippen molar-refractivity contribution in [3.05, 3.63) is 96.2 Å². The number of benzene rings is 2. The highest BCUT2D eigenvalue weighted by atomic mass is 16.5. The molecule has 0 saturated carbocycles. The van der Waals surface area contributed by atoms with Gasteiger partial charge in [0.25, 0.3) is 5.91 Å². The van der Waals surface area contributed by atoms with Crippen LogP contribution in [0.1, 0.15) is 36.2 Å². The normalized spacial score (nSPS) is 12.6. The summed E-state index contributed by atoms with van der Waals surface area (Å²) in [7, 11) is 0. The molecule has 0 bridgehead atoms. The number of nitrogens with one attached hydrogen (secondary N) is 1. The van der Waals surface area contributed by atoms with Crippen LogP contribution in [0.3, 0.4) is 0 Å². The summed E-state index contributed by atoms with van der Waals surface area (Å²) in [6.07, 6.45) is 2.39. The van der Waals surface area contributed by atoms with Crippen LogP contribution in [0.15, 0.2) is 85.1 Å². The Balaban J connectivity index is 1.45. The van der Waals surface area contributed by atoms with Crippen LogP contribution in [0.2, 0.25) is 0 Å². The van der Waals surface area contributed by atoms with Gasteiger partial charge in [-0.3, -0.25) is 9.78 Å². The first-order valence-corrected chi connectivity index (χ1v) is 11.4. The number of aryl methyl sites for hydroxylation is 1. The first kappa shape index (κ1) is 23.1. The second kappa shape index (κ2) is 10.7. The molecule has 1 amide bonds. The van der Waals surface area contributed by atoms with E-state index < -0.39 is 12.1 Å². The Morgan fingerprint density at radius 1 is 0.912 bits per heavy atom. The third kappa shape index (κ3) is 5.64. The summed E-state index contributed by atoms with van der Waals surface area (Å²) < 4.78 is 5.56. The number of hydrogen-bond acceptors (Lipinski definition) is 5. The van der Waals surface area contributed by atoms with E-state index in [-0.39, 0.29) is 11.9 Å².